The molecule has 0 radical (unpaired) electrons. The van der Waals surface area contributed by atoms with Gasteiger partial charge in [0.05, 0.1) is 0 Å². The molecule has 0 aromatic carbocycles. The second-order valence-electron chi connectivity index (χ2n) is 6.20. The number of hydrogen-bond donors (Lipinski definition) is 1. The minimum absolute atomic E-state index is 0.693. The second kappa shape index (κ2) is 4.86. The number of nitrogens with one attached hydrogen (secondary N) is 1. The first-order valence-corrected chi connectivity index (χ1v) is 6.86. The lowest BCUT2D eigenvalue weighted by atomic mass is 9.81. The second-order valence-corrected chi connectivity index (χ2v) is 6.20. The van der Waals surface area contributed by atoms with Gasteiger partial charge in [0.2, 0.25) is 0 Å². The van der Waals surface area contributed by atoms with E-state index in [-0.39, 0.29) is 0 Å². The summed E-state index contributed by atoms with van der Waals surface area (Å²) in [5, 5.41) is 3.35. The van der Waals surface area contributed by atoms with Crippen molar-refractivity contribution in [3.05, 3.63) is 0 Å². The van der Waals surface area contributed by atoms with Gasteiger partial charge in [-0.25, -0.2) is 0 Å². The Balaban J connectivity index is 1.72. The molecule has 0 aliphatic heterocycles. The zero-order chi connectivity index (χ0) is 10.8. The summed E-state index contributed by atoms with van der Waals surface area (Å²) in [5.74, 6) is 4.23. The number of fused-ring (bicyclic) bond motifs is 2. The average molecular weight is 209 g/mol. The van der Waals surface area contributed by atoms with Crippen molar-refractivity contribution in [1.29, 1.82) is 0 Å². The molecule has 1 heteroatoms. The van der Waals surface area contributed by atoms with Crippen LogP contribution in [0.25, 0.3) is 0 Å². The standard InChI is InChI=1S/C14H27N/c1-10(6-11(2)15-3)7-14-9-12-4-5-13(14)8-12/h10-15H,4-9H2,1-3H3. The Bertz CT molecular complexity index is 202. The molecular weight excluding hydrogens is 182 g/mol. The molecule has 0 saturated heterocycles. The third-order valence-electron chi connectivity index (χ3n) is 4.84. The summed E-state index contributed by atoms with van der Waals surface area (Å²) in [6, 6.07) is 0.693. The van der Waals surface area contributed by atoms with Gasteiger partial charge in [-0.2, -0.15) is 0 Å². The summed E-state index contributed by atoms with van der Waals surface area (Å²) in [6.07, 6.45) is 9.06. The molecule has 2 fully saturated rings. The molecule has 2 aliphatic carbocycles. The van der Waals surface area contributed by atoms with E-state index in [9.17, 15) is 0 Å². The summed E-state index contributed by atoms with van der Waals surface area (Å²) >= 11 is 0. The first-order chi connectivity index (χ1) is 7.19. The molecule has 1 N–H and O–H groups in total. The summed E-state index contributed by atoms with van der Waals surface area (Å²) in [4.78, 5) is 0. The van der Waals surface area contributed by atoms with Gasteiger partial charge in [0.1, 0.15) is 0 Å². The Morgan fingerprint density at radius 3 is 2.53 bits per heavy atom. The molecule has 0 amide bonds. The maximum absolute atomic E-state index is 3.35. The molecule has 2 rings (SSSR count). The molecule has 2 saturated carbocycles. The molecule has 0 heterocycles. The van der Waals surface area contributed by atoms with Gasteiger partial charge in [-0.15, -0.1) is 0 Å². The quantitative estimate of drug-likeness (QED) is 0.731. The lowest BCUT2D eigenvalue weighted by Crippen LogP contribution is -2.25. The molecule has 0 aromatic rings. The highest BCUT2D eigenvalue weighted by Gasteiger charge is 2.39. The summed E-state index contributed by atoms with van der Waals surface area (Å²) in [7, 11) is 2.08. The van der Waals surface area contributed by atoms with E-state index in [0.717, 1.165) is 23.7 Å². The zero-order valence-electron chi connectivity index (χ0n) is 10.6. The van der Waals surface area contributed by atoms with E-state index in [1.54, 1.807) is 25.7 Å². The molecule has 2 bridgehead atoms. The highest BCUT2D eigenvalue weighted by molar-refractivity contribution is 4.90. The van der Waals surface area contributed by atoms with Crippen molar-refractivity contribution in [2.75, 3.05) is 7.05 Å². The Hall–Kier alpha value is -0.0400. The molecule has 0 aromatic heterocycles. The predicted molar refractivity (Wildman–Crippen MR) is 65.9 cm³/mol. The monoisotopic (exact) mass is 209 g/mol. The first-order valence-electron chi connectivity index (χ1n) is 6.86. The Labute approximate surface area is 95.0 Å². The predicted octanol–water partition coefficient (Wildman–Crippen LogP) is 3.45. The van der Waals surface area contributed by atoms with Gasteiger partial charge in [-0.05, 0) is 69.7 Å². The van der Waals surface area contributed by atoms with Crippen LogP contribution in [0, 0.1) is 23.7 Å². The van der Waals surface area contributed by atoms with Crippen LogP contribution < -0.4 is 5.32 Å². The van der Waals surface area contributed by atoms with E-state index in [4.69, 9.17) is 0 Å². The molecule has 5 unspecified atom stereocenters. The summed E-state index contributed by atoms with van der Waals surface area (Å²) in [6.45, 7) is 4.75. The normalized spacial score (nSPS) is 38.2. The minimum Gasteiger partial charge on any atom is -0.317 e. The van der Waals surface area contributed by atoms with Crippen molar-refractivity contribution in [2.24, 2.45) is 23.7 Å². The van der Waals surface area contributed by atoms with Crippen molar-refractivity contribution >= 4 is 0 Å². The van der Waals surface area contributed by atoms with Crippen LogP contribution in [0.3, 0.4) is 0 Å². The Morgan fingerprint density at radius 2 is 2.00 bits per heavy atom. The van der Waals surface area contributed by atoms with E-state index in [2.05, 4.69) is 26.2 Å². The van der Waals surface area contributed by atoms with Crippen molar-refractivity contribution in [3.63, 3.8) is 0 Å². The fourth-order valence-electron chi connectivity index (χ4n) is 4.00. The van der Waals surface area contributed by atoms with Crippen molar-refractivity contribution in [2.45, 2.75) is 58.4 Å². The van der Waals surface area contributed by atoms with E-state index in [1.165, 1.54) is 12.8 Å². The van der Waals surface area contributed by atoms with E-state index in [0.29, 0.717) is 6.04 Å². The van der Waals surface area contributed by atoms with Crippen LogP contribution >= 0.6 is 0 Å². The highest BCUT2D eigenvalue weighted by atomic mass is 14.8. The number of hydrogen-bond acceptors (Lipinski definition) is 1. The lowest BCUT2D eigenvalue weighted by Gasteiger charge is -2.26. The maximum Gasteiger partial charge on any atom is 0.00382 e. The lowest BCUT2D eigenvalue weighted by molar-refractivity contribution is 0.260. The third kappa shape index (κ3) is 2.75. The molecule has 88 valence electrons. The first kappa shape index (κ1) is 11.4. The van der Waals surface area contributed by atoms with Gasteiger partial charge in [0, 0.05) is 6.04 Å². The van der Waals surface area contributed by atoms with Crippen molar-refractivity contribution in [1.82, 2.24) is 5.32 Å². The average Bonchev–Trinajstić information content (AvgIpc) is 2.78. The topological polar surface area (TPSA) is 12.0 Å². The molecule has 0 spiro atoms. The SMILES string of the molecule is CNC(C)CC(C)CC1CC2CCC1C2. The van der Waals surface area contributed by atoms with Crippen LogP contribution in [0.1, 0.15) is 52.4 Å². The van der Waals surface area contributed by atoms with E-state index >= 15 is 0 Å². The van der Waals surface area contributed by atoms with Gasteiger partial charge in [0.15, 0.2) is 0 Å². The van der Waals surface area contributed by atoms with Crippen LogP contribution in [0.5, 0.6) is 0 Å². The van der Waals surface area contributed by atoms with Gasteiger partial charge < -0.3 is 5.32 Å². The molecule has 2 aliphatic rings. The van der Waals surface area contributed by atoms with Crippen LogP contribution in [0.4, 0.5) is 0 Å². The summed E-state index contributed by atoms with van der Waals surface area (Å²) in [5.41, 5.74) is 0. The van der Waals surface area contributed by atoms with Crippen LogP contribution in [0.15, 0.2) is 0 Å². The molecular formula is C14H27N. The van der Waals surface area contributed by atoms with Crippen LogP contribution in [-0.2, 0) is 0 Å². The third-order valence-corrected chi connectivity index (χ3v) is 4.84. The Kier molecular flexibility index (Phi) is 3.71. The zero-order valence-corrected chi connectivity index (χ0v) is 10.6. The minimum atomic E-state index is 0.693. The fraction of sp³-hybridized carbons (Fsp3) is 1.00. The van der Waals surface area contributed by atoms with Crippen LogP contribution in [0.2, 0.25) is 0 Å². The van der Waals surface area contributed by atoms with Gasteiger partial charge in [-0.1, -0.05) is 13.3 Å². The largest absolute Gasteiger partial charge is 0.317 e. The van der Waals surface area contributed by atoms with Gasteiger partial charge in [0.25, 0.3) is 0 Å². The van der Waals surface area contributed by atoms with Gasteiger partial charge in [-0.3, -0.25) is 0 Å². The maximum atomic E-state index is 3.35. The van der Waals surface area contributed by atoms with E-state index in [1.807, 2.05) is 0 Å². The van der Waals surface area contributed by atoms with Crippen LogP contribution in [-0.4, -0.2) is 13.1 Å². The van der Waals surface area contributed by atoms with E-state index < -0.39 is 0 Å². The highest BCUT2D eigenvalue weighted by Crippen LogP contribution is 2.50. The van der Waals surface area contributed by atoms with Gasteiger partial charge >= 0.3 is 0 Å². The molecule has 1 nitrogen and oxygen atoms in total. The fourth-order valence-corrected chi connectivity index (χ4v) is 4.00. The summed E-state index contributed by atoms with van der Waals surface area (Å²) < 4.78 is 0. The number of rotatable bonds is 5. The van der Waals surface area contributed by atoms with Crippen molar-refractivity contribution in [3.8, 4) is 0 Å². The smallest absolute Gasteiger partial charge is 0.00382 e. The Morgan fingerprint density at radius 1 is 1.20 bits per heavy atom. The molecule has 15 heavy (non-hydrogen) atoms. The molecule has 5 atom stereocenters. The van der Waals surface area contributed by atoms with Crippen molar-refractivity contribution < 1.29 is 0 Å².